The number of hydrogen-bond acceptors (Lipinski definition) is 3. The Hall–Kier alpha value is -2.22. The Kier molecular flexibility index (Phi) is 4.40. The fourth-order valence-electron chi connectivity index (χ4n) is 2.45. The van der Waals surface area contributed by atoms with Gasteiger partial charge in [0.25, 0.3) is 0 Å². The van der Waals surface area contributed by atoms with Gasteiger partial charge in [0, 0.05) is 23.0 Å². The Balaban J connectivity index is 2.31. The first-order valence-electron chi connectivity index (χ1n) is 6.92. The number of alkyl halides is 1. The molecule has 2 aromatic carbocycles. The molecule has 24 heavy (non-hydrogen) atoms. The Morgan fingerprint density at radius 1 is 1.17 bits per heavy atom. The molecular formula is C16H13ClFN3O2S. The molecule has 2 N–H and O–H groups in total. The lowest BCUT2D eigenvalue weighted by molar-refractivity contribution is 0.482. The third-order valence-corrected chi connectivity index (χ3v) is 4.69. The molecular weight excluding hydrogens is 353 g/mol. The van der Waals surface area contributed by atoms with Gasteiger partial charge in [0.1, 0.15) is 11.6 Å². The van der Waals surface area contributed by atoms with Crippen LogP contribution in [-0.4, -0.2) is 18.2 Å². The highest BCUT2D eigenvalue weighted by molar-refractivity contribution is 7.89. The fourth-order valence-corrected chi connectivity index (χ4v) is 3.37. The molecule has 0 amide bonds. The summed E-state index contributed by atoms with van der Waals surface area (Å²) in [6, 6.07) is 11.4. The van der Waals surface area contributed by atoms with E-state index >= 15 is 0 Å². The predicted octanol–water partition coefficient (Wildman–Crippen LogP) is 3.31. The van der Waals surface area contributed by atoms with Gasteiger partial charge in [0.05, 0.1) is 5.69 Å². The van der Waals surface area contributed by atoms with Crippen LogP contribution in [0, 0.1) is 0 Å². The number of benzene rings is 2. The minimum absolute atomic E-state index is 0.114. The molecule has 0 unspecified atom stereocenters. The molecule has 0 aliphatic carbocycles. The summed E-state index contributed by atoms with van der Waals surface area (Å²) in [4.78, 5) is -0.189. The van der Waals surface area contributed by atoms with Crippen LogP contribution in [0.25, 0.3) is 16.8 Å². The summed E-state index contributed by atoms with van der Waals surface area (Å²) in [5, 5.41) is 9.89. The zero-order chi connectivity index (χ0) is 17.3. The van der Waals surface area contributed by atoms with Gasteiger partial charge in [-0.1, -0.05) is 23.7 Å². The van der Waals surface area contributed by atoms with Crippen LogP contribution in [-0.2, 0) is 16.7 Å². The maximum Gasteiger partial charge on any atom is 0.240 e. The molecule has 0 radical (unpaired) electrons. The lowest BCUT2D eigenvalue weighted by Crippen LogP contribution is -2.17. The molecule has 124 valence electrons. The van der Waals surface area contributed by atoms with E-state index in [1.165, 1.54) is 23.1 Å². The molecule has 3 rings (SSSR count). The van der Waals surface area contributed by atoms with Crippen molar-refractivity contribution in [3.05, 3.63) is 65.4 Å². The molecule has 0 spiro atoms. The largest absolute Gasteiger partial charge is 0.246 e. The molecule has 0 aliphatic rings. The molecule has 0 aliphatic heterocycles. The highest BCUT2D eigenvalue weighted by Crippen LogP contribution is 2.31. The van der Waals surface area contributed by atoms with Crippen molar-refractivity contribution < 1.29 is 12.8 Å². The van der Waals surface area contributed by atoms with Crippen LogP contribution in [0.5, 0.6) is 0 Å². The second-order valence-electron chi connectivity index (χ2n) is 5.12. The van der Waals surface area contributed by atoms with E-state index in [9.17, 15) is 12.8 Å². The number of primary sulfonamides is 1. The predicted molar refractivity (Wildman–Crippen MR) is 90.2 cm³/mol. The van der Waals surface area contributed by atoms with Crippen molar-refractivity contribution in [1.82, 2.24) is 9.78 Å². The third kappa shape index (κ3) is 3.19. The van der Waals surface area contributed by atoms with Crippen molar-refractivity contribution in [2.45, 2.75) is 11.6 Å². The van der Waals surface area contributed by atoms with E-state index in [2.05, 4.69) is 5.10 Å². The van der Waals surface area contributed by atoms with Crippen LogP contribution in [0.4, 0.5) is 4.39 Å². The summed E-state index contributed by atoms with van der Waals surface area (Å²) in [5.74, 6) is 0. The molecule has 3 aromatic rings. The van der Waals surface area contributed by atoms with Crippen molar-refractivity contribution in [3.63, 3.8) is 0 Å². The highest BCUT2D eigenvalue weighted by Gasteiger charge is 2.21. The Bertz CT molecular complexity index is 971. The van der Waals surface area contributed by atoms with Gasteiger partial charge in [0.2, 0.25) is 10.0 Å². The van der Waals surface area contributed by atoms with Crippen LogP contribution < -0.4 is 5.14 Å². The molecule has 0 saturated heterocycles. The van der Waals surface area contributed by atoms with Crippen LogP contribution in [0.1, 0.15) is 5.56 Å². The second kappa shape index (κ2) is 6.35. The Morgan fingerprint density at radius 3 is 2.42 bits per heavy atom. The van der Waals surface area contributed by atoms with Crippen molar-refractivity contribution >= 4 is 21.6 Å². The van der Waals surface area contributed by atoms with E-state index in [0.29, 0.717) is 16.1 Å². The van der Waals surface area contributed by atoms with Gasteiger partial charge < -0.3 is 0 Å². The normalized spacial score (nSPS) is 11.6. The van der Waals surface area contributed by atoms with Gasteiger partial charge in [-0.3, -0.25) is 0 Å². The SMILES string of the molecule is NS(=O)(=O)c1cc(-c2ccc(Cl)cc2)cc(CF)c1-n1cccn1. The van der Waals surface area contributed by atoms with E-state index in [1.54, 1.807) is 36.4 Å². The average Bonchev–Trinajstić information content (AvgIpc) is 3.07. The average molecular weight is 366 g/mol. The zero-order valence-corrected chi connectivity index (χ0v) is 13.9. The second-order valence-corrected chi connectivity index (χ2v) is 7.08. The maximum atomic E-state index is 13.6. The molecule has 0 atom stereocenters. The highest BCUT2D eigenvalue weighted by atomic mass is 35.5. The fraction of sp³-hybridized carbons (Fsp3) is 0.0625. The lowest BCUT2D eigenvalue weighted by Gasteiger charge is -2.15. The van der Waals surface area contributed by atoms with E-state index in [0.717, 1.165) is 0 Å². The quantitative estimate of drug-likeness (QED) is 0.770. The molecule has 1 heterocycles. The number of nitrogens with two attached hydrogens (primary N) is 1. The van der Waals surface area contributed by atoms with Crippen LogP contribution in [0.15, 0.2) is 59.8 Å². The maximum absolute atomic E-state index is 13.6. The topological polar surface area (TPSA) is 78.0 Å². The summed E-state index contributed by atoms with van der Waals surface area (Å²) in [6.07, 6.45) is 3.01. The molecule has 8 heteroatoms. The molecule has 5 nitrogen and oxygen atoms in total. The van der Waals surface area contributed by atoms with Gasteiger partial charge in [-0.25, -0.2) is 22.6 Å². The van der Waals surface area contributed by atoms with Gasteiger partial charge in [0.15, 0.2) is 0 Å². The van der Waals surface area contributed by atoms with Gasteiger partial charge in [-0.15, -0.1) is 0 Å². The lowest BCUT2D eigenvalue weighted by atomic mass is 10.0. The summed E-state index contributed by atoms with van der Waals surface area (Å²) in [7, 11) is -4.08. The van der Waals surface area contributed by atoms with Crippen LogP contribution in [0.2, 0.25) is 5.02 Å². The van der Waals surface area contributed by atoms with Crippen molar-refractivity contribution in [1.29, 1.82) is 0 Å². The van der Waals surface area contributed by atoms with E-state index in [1.807, 2.05) is 0 Å². The monoisotopic (exact) mass is 365 g/mol. The zero-order valence-electron chi connectivity index (χ0n) is 12.4. The van der Waals surface area contributed by atoms with Gasteiger partial charge in [-0.2, -0.15) is 5.10 Å². The number of nitrogens with zero attached hydrogens (tertiary/aromatic N) is 2. The molecule has 0 bridgehead atoms. The first kappa shape index (κ1) is 16.6. The van der Waals surface area contributed by atoms with Crippen LogP contribution in [0.3, 0.4) is 0 Å². The van der Waals surface area contributed by atoms with E-state index in [-0.39, 0.29) is 16.1 Å². The Labute approximate surface area is 143 Å². The van der Waals surface area contributed by atoms with E-state index < -0.39 is 16.7 Å². The van der Waals surface area contributed by atoms with Gasteiger partial charge in [-0.05, 0) is 41.5 Å². The number of halogens is 2. The Morgan fingerprint density at radius 2 is 1.88 bits per heavy atom. The van der Waals surface area contributed by atoms with Gasteiger partial charge >= 0.3 is 0 Å². The minimum atomic E-state index is -4.08. The molecule has 0 saturated carbocycles. The summed E-state index contributed by atoms with van der Waals surface area (Å²) < 4.78 is 39.0. The van der Waals surface area contributed by atoms with Crippen molar-refractivity contribution in [2.24, 2.45) is 5.14 Å². The summed E-state index contributed by atoms with van der Waals surface area (Å²) in [6.45, 7) is -0.862. The van der Waals surface area contributed by atoms with Crippen molar-refractivity contribution in [2.75, 3.05) is 0 Å². The number of rotatable bonds is 4. The number of sulfonamides is 1. The number of hydrogen-bond donors (Lipinski definition) is 1. The molecule has 0 fully saturated rings. The third-order valence-electron chi connectivity index (χ3n) is 3.52. The van der Waals surface area contributed by atoms with E-state index in [4.69, 9.17) is 16.7 Å². The minimum Gasteiger partial charge on any atom is -0.246 e. The van der Waals surface area contributed by atoms with Crippen molar-refractivity contribution in [3.8, 4) is 16.8 Å². The number of aromatic nitrogens is 2. The summed E-state index contributed by atoms with van der Waals surface area (Å²) >= 11 is 5.87. The molecule has 1 aromatic heterocycles. The standard InChI is InChI=1S/C16H13ClFN3O2S/c17-14-4-2-11(3-5-14)12-8-13(10-18)16(21-7-1-6-20-21)15(9-12)24(19,22)23/h1-9H,10H2,(H2,19,22,23). The van der Waals surface area contributed by atoms with Crippen LogP contribution >= 0.6 is 11.6 Å². The first-order chi connectivity index (χ1) is 11.4. The first-order valence-corrected chi connectivity index (χ1v) is 8.84. The smallest absolute Gasteiger partial charge is 0.240 e. The summed E-state index contributed by atoms with van der Waals surface area (Å²) in [5.41, 5.74) is 1.52.